The minimum Gasteiger partial charge on any atom is -0.497 e. The first-order valence-electron chi connectivity index (χ1n) is 13.0. The fraction of sp³-hybridized carbons (Fsp3) is 0.355. The molecule has 2 unspecified atom stereocenters. The third-order valence-electron chi connectivity index (χ3n) is 8.28. The highest BCUT2D eigenvalue weighted by atomic mass is 19.1. The van der Waals surface area contributed by atoms with Gasteiger partial charge in [0.25, 0.3) is 0 Å². The number of amides is 1. The van der Waals surface area contributed by atoms with Gasteiger partial charge in [0.1, 0.15) is 24.0 Å². The molecule has 0 spiro atoms. The lowest BCUT2D eigenvalue weighted by Crippen LogP contribution is -2.48. The van der Waals surface area contributed by atoms with Gasteiger partial charge in [-0.2, -0.15) is 0 Å². The number of piperidine rings is 1. The van der Waals surface area contributed by atoms with Crippen LogP contribution in [0.2, 0.25) is 0 Å². The van der Waals surface area contributed by atoms with E-state index in [-0.39, 0.29) is 42.2 Å². The SMILES string of the molecule is COc1cc(F)cc(CC(=O)C2CC3CCC(C2)N3C(=O)OCC2c3ccccc3-c3ccccc32)c1. The van der Waals surface area contributed by atoms with Crippen molar-refractivity contribution in [3.8, 4) is 16.9 Å². The molecule has 2 fully saturated rings. The summed E-state index contributed by atoms with van der Waals surface area (Å²) >= 11 is 0. The second-order valence-corrected chi connectivity index (χ2v) is 10.4. The lowest BCUT2D eigenvalue weighted by molar-refractivity contribution is -0.124. The maximum Gasteiger partial charge on any atom is 0.410 e. The van der Waals surface area contributed by atoms with E-state index in [4.69, 9.17) is 9.47 Å². The maximum atomic E-state index is 13.9. The van der Waals surface area contributed by atoms with Gasteiger partial charge in [-0.05, 0) is 65.6 Å². The second kappa shape index (κ2) is 9.66. The van der Waals surface area contributed by atoms with E-state index in [1.54, 1.807) is 6.07 Å². The molecule has 2 atom stereocenters. The first-order chi connectivity index (χ1) is 18.0. The van der Waals surface area contributed by atoms with Crippen LogP contribution in [0.25, 0.3) is 11.1 Å². The summed E-state index contributed by atoms with van der Waals surface area (Å²) in [7, 11) is 1.48. The van der Waals surface area contributed by atoms with E-state index >= 15 is 0 Å². The molecule has 2 heterocycles. The van der Waals surface area contributed by atoms with Crippen LogP contribution in [0.5, 0.6) is 5.75 Å². The summed E-state index contributed by atoms with van der Waals surface area (Å²) in [5, 5.41) is 0. The Labute approximate surface area is 216 Å². The number of carbonyl (C=O) groups excluding carboxylic acids is 2. The van der Waals surface area contributed by atoms with Crippen molar-refractivity contribution in [2.24, 2.45) is 5.92 Å². The van der Waals surface area contributed by atoms with E-state index in [0.717, 1.165) is 12.8 Å². The predicted octanol–water partition coefficient (Wildman–Crippen LogP) is 6.14. The molecule has 0 aromatic heterocycles. The van der Waals surface area contributed by atoms with Crippen molar-refractivity contribution in [1.29, 1.82) is 0 Å². The molecule has 0 saturated carbocycles. The van der Waals surface area contributed by atoms with Gasteiger partial charge in [-0.1, -0.05) is 48.5 Å². The van der Waals surface area contributed by atoms with Crippen molar-refractivity contribution in [2.45, 2.75) is 50.1 Å². The summed E-state index contributed by atoms with van der Waals surface area (Å²) in [6, 6.07) is 21.0. The van der Waals surface area contributed by atoms with Crippen LogP contribution >= 0.6 is 0 Å². The number of nitrogens with zero attached hydrogens (tertiary/aromatic N) is 1. The minimum atomic E-state index is -0.410. The van der Waals surface area contributed by atoms with Crippen molar-refractivity contribution in [1.82, 2.24) is 4.90 Å². The number of carbonyl (C=O) groups is 2. The van der Waals surface area contributed by atoms with E-state index in [1.807, 2.05) is 29.2 Å². The number of rotatable bonds is 6. The molecule has 3 aromatic rings. The molecule has 3 aliphatic rings. The Morgan fingerprint density at radius 2 is 1.54 bits per heavy atom. The summed E-state index contributed by atoms with van der Waals surface area (Å²) in [4.78, 5) is 28.3. The van der Waals surface area contributed by atoms with Gasteiger partial charge < -0.3 is 14.4 Å². The number of halogens is 1. The number of Topliss-reactive ketones (excluding diaryl/α,β-unsaturated/α-hetero) is 1. The van der Waals surface area contributed by atoms with E-state index in [2.05, 4.69) is 24.3 Å². The maximum absolute atomic E-state index is 13.9. The molecule has 2 saturated heterocycles. The highest BCUT2D eigenvalue weighted by molar-refractivity contribution is 5.84. The first-order valence-corrected chi connectivity index (χ1v) is 13.0. The third kappa shape index (κ3) is 4.39. The number of hydrogen-bond donors (Lipinski definition) is 0. The fourth-order valence-corrected chi connectivity index (χ4v) is 6.59. The molecule has 5 nitrogen and oxygen atoms in total. The molecule has 1 aliphatic carbocycles. The fourth-order valence-electron chi connectivity index (χ4n) is 6.59. The topological polar surface area (TPSA) is 55.8 Å². The molecule has 3 aromatic carbocycles. The number of ketones is 1. The monoisotopic (exact) mass is 499 g/mol. The molecule has 2 aliphatic heterocycles. The molecule has 6 rings (SSSR count). The molecule has 0 N–H and O–H groups in total. The van der Waals surface area contributed by atoms with Gasteiger partial charge in [-0.25, -0.2) is 9.18 Å². The summed E-state index contributed by atoms with van der Waals surface area (Å²) in [5.41, 5.74) is 5.41. The van der Waals surface area contributed by atoms with Gasteiger partial charge >= 0.3 is 6.09 Å². The van der Waals surface area contributed by atoms with Crippen molar-refractivity contribution >= 4 is 11.9 Å². The Bertz CT molecular complexity index is 1300. The number of hydrogen-bond acceptors (Lipinski definition) is 4. The number of ether oxygens (including phenoxy) is 2. The third-order valence-corrected chi connectivity index (χ3v) is 8.28. The first kappa shape index (κ1) is 23.7. The van der Waals surface area contributed by atoms with Crippen LogP contribution in [0.1, 0.15) is 48.3 Å². The van der Waals surface area contributed by atoms with Gasteiger partial charge in [0.15, 0.2) is 0 Å². The highest BCUT2D eigenvalue weighted by Crippen LogP contribution is 2.45. The zero-order valence-electron chi connectivity index (χ0n) is 20.9. The van der Waals surface area contributed by atoms with E-state index in [9.17, 15) is 14.0 Å². The van der Waals surface area contributed by atoms with E-state index in [1.165, 1.54) is 41.5 Å². The number of fused-ring (bicyclic) bond motifs is 5. The summed E-state index contributed by atoms with van der Waals surface area (Å²) in [6.07, 6.45) is 2.91. The zero-order valence-corrected chi connectivity index (χ0v) is 20.9. The summed E-state index contributed by atoms with van der Waals surface area (Å²) in [5.74, 6) is -0.0160. The standard InChI is InChI=1S/C31H30FNO4/c1-36-24-13-19(12-21(32)17-24)14-30(34)20-15-22-10-11-23(16-20)33(22)31(35)37-18-29-27-8-4-2-6-25(27)26-7-3-5-9-28(26)29/h2-9,12-13,17,20,22-23,29H,10-11,14-16,18H2,1H3. The van der Waals surface area contributed by atoms with Crippen LogP contribution in [0.15, 0.2) is 66.7 Å². The highest BCUT2D eigenvalue weighted by Gasteiger charge is 2.46. The summed E-state index contributed by atoms with van der Waals surface area (Å²) < 4.78 is 25.0. The van der Waals surface area contributed by atoms with Crippen molar-refractivity contribution in [3.63, 3.8) is 0 Å². The molecule has 1 amide bonds. The molecular formula is C31H30FNO4. The van der Waals surface area contributed by atoms with Crippen LogP contribution in [-0.4, -0.2) is 42.6 Å². The van der Waals surface area contributed by atoms with Crippen LogP contribution in [0.4, 0.5) is 9.18 Å². The van der Waals surface area contributed by atoms with Crippen LogP contribution in [-0.2, 0) is 16.0 Å². The Morgan fingerprint density at radius 3 is 2.16 bits per heavy atom. The molecule has 2 bridgehead atoms. The lowest BCUT2D eigenvalue weighted by Gasteiger charge is -2.37. The van der Waals surface area contributed by atoms with Crippen molar-refractivity contribution in [3.05, 3.63) is 89.2 Å². The molecule has 37 heavy (non-hydrogen) atoms. The largest absolute Gasteiger partial charge is 0.497 e. The van der Waals surface area contributed by atoms with Gasteiger partial charge in [0.05, 0.1) is 7.11 Å². The summed E-state index contributed by atoms with van der Waals surface area (Å²) in [6.45, 7) is 0.298. The average molecular weight is 500 g/mol. The zero-order chi connectivity index (χ0) is 25.5. The van der Waals surface area contributed by atoms with E-state index in [0.29, 0.717) is 30.8 Å². The van der Waals surface area contributed by atoms with Gasteiger partial charge in [0.2, 0.25) is 0 Å². The predicted molar refractivity (Wildman–Crippen MR) is 138 cm³/mol. The molecule has 0 radical (unpaired) electrons. The average Bonchev–Trinajstić information content (AvgIpc) is 3.37. The Balaban J connectivity index is 1.10. The Kier molecular flexibility index (Phi) is 6.19. The van der Waals surface area contributed by atoms with E-state index < -0.39 is 5.82 Å². The van der Waals surface area contributed by atoms with Crippen LogP contribution in [0, 0.1) is 11.7 Å². The van der Waals surface area contributed by atoms with Gasteiger partial charge in [-0.3, -0.25) is 4.79 Å². The molecular weight excluding hydrogens is 469 g/mol. The van der Waals surface area contributed by atoms with Gasteiger partial charge in [-0.15, -0.1) is 0 Å². The quantitative estimate of drug-likeness (QED) is 0.409. The number of methoxy groups -OCH3 is 1. The normalized spacial score (nSPS) is 21.9. The van der Waals surface area contributed by atoms with Crippen LogP contribution in [0.3, 0.4) is 0 Å². The second-order valence-electron chi connectivity index (χ2n) is 10.4. The minimum absolute atomic E-state index is 0.00500. The molecule has 6 heteroatoms. The smallest absolute Gasteiger partial charge is 0.410 e. The Morgan fingerprint density at radius 1 is 0.919 bits per heavy atom. The Hall–Kier alpha value is -3.67. The number of benzene rings is 3. The van der Waals surface area contributed by atoms with Gasteiger partial charge in [0, 0.05) is 36.4 Å². The lowest BCUT2D eigenvalue weighted by atomic mass is 9.85. The van der Waals surface area contributed by atoms with Crippen molar-refractivity contribution < 1.29 is 23.5 Å². The van der Waals surface area contributed by atoms with Crippen LogP contribution < -0.4 is 4.74 Å². The molecule has 190 valence electrons. The van der Waals surface area contributed by atoms with Crippen molar-refractivity contribution in [2.75, 3.05) is 13.7 Å².